The highest BCUT2D eigenvalue weighted by molar-refractivity contribution is 8.15. The van der Waals surface area contributed by atoms with E-state index in [2.05, 4.69) is 10.4 Å². The van der Waals surface area contributed by atoms with Crippen molar-refractivity contribution < 1.29 is 13.2 Å². The van der Waals surface area contributed by atoms with Crippen LogP contribution in [0.5, 0.6) is 0 Å². The first-order valence-corrected chi connectivity index (χ1v) is 8.72. The molecule has 6 nitrogen and oxygen atoms in total. The van der Waals surface area contributed by atoms with Crippen LogP contribution in [-0.2, 0) is 22.6 Å². The molecular formula is C11H12ClN3O3S2. The lowest BCUT2D eigenvalue weighted by Crippen LogP contribution is -2.22. The number of amides is 1. The fourth-order valence-electron chi connectivity index (χ4n) is 1.67. The van der Waals surface area contributed by atoms with Gasteiger partial charge in [-0.25, -0.2) is 8.42 Å². The molecule has 0 unspecified atom stereocenters. The van der Waals surface area contributed by atoms with Crippen molar-refractivity contribution in [1.29, 1.82) is 0 Å². The van der Waals surface area contributed by atoms with E-state index in [0.29, 0.717) is 16.1 Å². The molecule has 0 radical (unpaired) electrons. The SMILES string of the molecule is Cc1nn(C)cc1C(=O)NCc1ccc(S(=O)(=O)Cl)s1. The van der Waals surface area contributed by atoms with Gasteiger partial charge in [-0.3, -0.25) is 9.48 Å². The Morgan fingerprint density at radius 2 is 2.20 bits per heavy atom. The second-order valence-electron chi connectivity index (χ2n) is 4.14. The molecule has 20 heavy (non-hydrogen) atoms. The van der Waals surface area contributed by atoms with E-state index in [9.17, 15) is 13.2 Å². The molecule has 108 valence electrons. The maximum Gasteiger partial charge on any atom is 0.270 e. The normalized spacial score (nSPS) is 11.6. The molecule has 1 N–H and O–H groups in total. The summed E-state index contributed by atoms with van der Waals surface area (Å²) < 4.78 is 23.9. The minimum atomic E-state index is -3.71. The number of aryl methyl sites for hydroxylation is 2. The Labute approximate surface area is 124 Å². The summed E-state index contributed by atoms with van der Waals surface area (Å²) in [6.45, 7) is 1.99. The molecule has 0 fully saturated rings. The molecule has 2 aromatic rings. The number of carbonyl (C=O) groups excluding carboxylic acids is 1. The smallest absolute Gasteiger partial charge is 0.270 e. The van der Waals surface area contributed by atoms with Gasteiger partial charge < -0.3 is 5.32 Å². The van der Waals surface area contributed by atoms with E-state index in [1.807, 2.05) is 0 Å². The summed E-state index contributed by atoms with van der Waals surface area (Å²) in [5.74, 6) is -0.251. The standard InChI is InChI=1S/C11H12ClN3O3S2/c1-7-9(6-15(2)14-7)11(16)13-5-8-3-4-10(19-8)20(12,17)18/h3-4,6H,5H2,1-2H3,(H,13,16). The first-order valence-electron chi connectivity index (χ1n) is 5.59. The van der Waals surface area contributed by atoms with Crippen LogP contribution in [0.2, 0.25) is 0 Å². The van der Waals surface area contributed by atoms with E-state index in [4.69, 9.17) is 10.7 Å². The van der Waals surface area contributed by atoms with Gasteiger partial charge in [0.05, 0.1) is 17.8 Å². The molecule has 0 aliphatic rings. The van der Waals surface area contributed by atoms with Gasteiger partial charge in [0, 0.05) is 28.8 Å². The van der Waals surface area contributed by atoms with E-state index in [0.717, 1.165) is 11.3 Å². The molecule has 1 amide bonds. The van der Waals surface area contributed by atoms with Gasteiger partial charge >= 0.3 is 0 Å². The van der Waals surface area contributed by atoms with Crippen LogP contribution in [-0.4, -0.2) is 24.1 Å². The number of hydrogen-bond acceptors (Lipinski definition) is 5. The van der Waals surface area contributed by atoms with E-state index in [1.165, 1.54) is 6.07 Å². The molecule has 0 atom stereocenters. The molecule has 0 saturated heterocycles. The fraction of sp³-hybridized carbons (Fsp3) is 0.273. The molecule has 0 aromatic carbocycles. The van der Waals surface area contributed by atoms with Crippen molar-refractivity contribution in [3.63, 3.8) is 0 Å². The zero-order valence-electron chi connectivity index (χ0n) is 10.8. The third kappa shape index (κ3) is 3.38. The molecule has 2 rings (SSSR count). The van der Waals surface area contributed by atoms with Gasteiger partial charge in [-0.1, -0.05) is 0 Å². The Hall–Kier alpha value is -1.38. The first-order chi connectivity index (χ1) is 9.27. The van der Waals surface area contributed by atoms with Crippen molar-refractivity contribution in [2.24, 2.45) is 7.05 Å². The minimum absolute atomic E-state index is 0.0703. The van der Waals surface area contributed by atoms with Crippen molar-refractivity contribution >= 4 is 37.0 Å². The van der Waals surface area contributed by atoms with Gasteiger partial charge in [-0.05, 0) is 19.1 Å². The zero-order chi connectivity index (χ0) is 14.9. The average Bonchev–Trinajstić information content (AvgIpc) is 2.92. The van der Waals surface area contributed by atoms with Crippen LogP contribution in [0.1, 0.15) is 20.9 Å². The van der Waals surface area contributed by atoms with Gasteiger partial charge in [-0.15, -0.1) is 11.3 Å². The number of thiophene rings is 1. The summed E-state index contributed by atoms with van der Waals surface area (Å²) >= 11 is 1.03. The maximum absolute atomic E-state index is 12.0. The highest BCUT2D eigenvalue weighted by Gasteiger charge is 2.15. The van der Waals surface area contributed by atoms with Crippen LogP contribution in [0.4, 0.5) is 0 Å². The van der Waals surface area contributed by atoms with Crippen LogP contribution >= 0.6 is 22.0 Å². The Kier molecular flexibility index (Phi) is 4.17. The second kappa shape index (κ2) is 5.55. The van der Waals surface area contributed by atoms with Crippen molar-refractivity contribution in [2.45, 2.75) is 17.7 Å². The number of nitrogens with zero attached hydrogens (tertiary/aromatic N) is 2. The molecule has 9 heteroatoms. The van der Waals surface area contributed by atoms with E-state index >= 15 is 0 Å². The van der Waals surface area contributed by atoms with Crippen molar-refractivity contribution in [1.82, 2.24) is 15.1 Å². The molecule has 2 heterocycles. The molecule has 0 aliphatic carbocycles. The highest BCUT2D eigenvalue weighted by atomic mass is 35.7. The average molecular weight is 334 g/mol. The maximum atomic E-state index is 12.0. The molecule has 2 aromatic heterocycles. The summed E-state index contributed by atoms with van der Waals surface area (Å²) in [5, 5.41) is 6.80. The second-order valence-corrected chi connectivity index (χ2v) is 8.10. The van der Waals surface area contributed by atoms with Gasteiger partial charge in [-0.2, -0.15) is 5.10 Å². The zero-order valence-corrected chi connectivity index (χ0v) is 13.1. The predicted molar refractivity (Wildman–Crippen MR) is 76.5 cm³/mol. The number of hydrogen-bond donors (Lipinski definition) is 1. The van der Waals surface area contributed by atoms with Gasteiger partial charge in [0.25, 0.3) is 15.0 Å². The van der Waals surface area contributed by atoms with Gasteiger partial charge in [0.15, 0.2) is 0 Å². The van der Waals surface area contributed by atoms with Crippen LogP contribution < -0.4 is 5.32 Å². The van der Waals surface area contributed by atoms with E-state index in [-0.39, 0.29) is 16.7 Å². The molecule has 0 bridgehead atoms. The summed E-state index contributed by atoms with van der Waals surface area (Å²) in [4.78, 5) is 12.7. The Morgan fingerprint density at radius 1 is 1.50 bits per heavy atom. The quantitative estimate of drug-likeness (QED) is 0.863. The number of carbonyl (C=O) groups is 1. The van der Waals surface area contributed by atoms with Crippen LogP contribution in [0, 0.1) is 6.92 Å². The van der Waals surface area contributed by atoms with E-state index in [1.54, 1.807) is 30.9 Å². The topological polar surface area (TPSA) is 81.1 Å². The number of rotatable bonds is 4. The molecular weight excluding hydrogens is 322 g/mol. The van der Waals surface area contributed by atoms with E-state index < -0.39 is 9.05 Å². The van der Waals surface area contributed by atoms with Gasteiger partial charge in [0.1, 0.15) is 4.21 Å². The van der Waals surface area contributed by atoms with Crippen LogP contribution in [0.3, 0.4) is 0 Å². The van der Waals surface area contributed by atoms with Crippen LogP contribution in [0.25, 0.3) is 0 Å². The number of aromatic nitrogens is 2. The summed E-state index contributed by atoms with van der Waals surface area (Å²) in [7, 11) is 3.26. The van der Waals surface area contributed by atoms with Crippen molar-refractivity contribution in [2.75, 3.05) is 0 Å². The van der Waals surface area contributed by atoms with Crippen LogP contribution in [0.15, 0.2) is 22.5 Å². The molecule has 0 aliphatic heterocycles. The highest BCUT2D eigenvalue weighted by Crippen LogP contribution is 2.24. The number of halogens is 1. The Balaban J connectivity index is 2.04. The first kappa shape index (κ1) is 15.0. The minimum Gasteiger partial charge on any atom is -0.347 e. The summed E-state index contributed by atoms with van der Waals surface area (Å²) in [6, 6.07) is 3.04. The molecule has 0 saturated carbocycles. The third-order valence-electron chi connectivity index (χ3n) is 2.56. The monoisotopic (exact) mass is 333 g/mol. The largest absolute Gasteiger partial charge is 0.347 e. The Morgan fingerprint density at radius 3 is 2.70 bits per heavy atom. The van der Waals surface area contributed by atoms with Crippen molar-refractivity contribution in [3.05, 3.63) is 34.5 Å². The third-order valence-corrected chi connectivity index (χ3v) is 5.74. The predicted octanol–water partition coefficient (Wildman–Crippen LogP) is 1.65. The lowest BCUT2D eigenvalue weighted by Gasteiger charge is -2.01. The lowest BCUT2D eigenvalue weighted by atomic mass is 10.2. The summed E-state index contributed by atoms with van der Waals surface area (Å²) in [5.41, 5.74) is 1.13. The van der Waals surface area contributed by atoms with Crippen molar-refractivity contribution in [3.8, 4) is 0 Å². The summed E-state index contributed by atoms with van der Waals surface area (Å²) in [6.07, 6.45) is 1.63. The van der Waals surface area contributed by atoms with Gasteiger partial charge in [0.2, 0.25) is 0 Å². The Bertz CT molecular complexity index is 749. The lowest BCUT2D eigenvalue weighted by molar-refractivity contribution is 0.0950. The fourth-order valence-corrected chi connectivity index (χ4v) is 3.73. The number of nitrogens with one attached hydrogen (secondary N) is 1. The molecule has 0 spiro atoms.